The van der Waals surface area contributed by atoms with Gasteiger partial charge < -0.3 is 10.1 Å². The van der Waals surface area contributed by atoms with Crippen LogP contribution in [-0.2, 0) is 11.2 Å². The van der Waals surface area contributed by atoms with Crippen LogP contribution in [0.15, 0.2) is 24.3 Å². The molecule has 0 spiro atoms. The van der Waals surface area contributed by atoms with E-state index in [1.54, 1.807) is 0 Å². The molecule has 1 aromatic rings. The molecule has 4 unspecified atom stereocenters. The molecule has 110 valence electrons. The van der Waals surface area contributed by atoms with Crippen LogP contribution in [-0.4, -0.2) is 19.7 Å². The molecule has 1 saturated carbocycles. The molecule has 1 fully saturated rings. The maximum absolute atomic E-state index is 6.18. The van der Waals surface area contributed by atoms with E-state index in [1.165, 1.54) is 36.8 Å². The summed E-state index contributed by atoms with van der Waals surface area (Å²) in [4.78, 5) is 0. The van der Waals surface area contributed by atoms with Crippen LogP contribution in [0.2, 0.25) is 0 Å². The van der Waals surface area contributed by atoms with Gasteiger partial charge in [0.15, 0.2) is 0 Å². The van der Waals surface area contributed by atoms with Crippen LogP contribution >= 0.6 is 0 Å². The highest BCUT2D eigenvalue weighted by Gasteiger charge is 2.35. The molecule has 2 aliphatic rings. The van der Waals surface area contributed by atoms with Crippen LogP contribution in [0.5, 0.6) is 0 Å². The minimum atomic E-state index is 0.236. The number of hydrogen-bond acceptors (Lipinski definition) is 2. The fourth-order valence-corrected chi connectivity index (χ4v) is 4.16. The van der Waals surface area contributed by atoms with E-state index < -0.39 is 0 Å². The van der Waals surface area contributed by atoms with Crippen molar-refractivity contribution in [2.24, 2.45) is 11.8 Å². The van der Waals surface area contributed by atoms with Crippen LogP contribution in [0.1, 0.15) is 49.8 Å². The first-order valence-corrected chi connectivity index (χ1v) is 8.16. The van der Waals surface area contributed by atoms with Gasteiger partial charge in [-0.25, -0.2) is 0 Å². The summed E-state index contributed by atoms with van der Waals surface area (Å²) in [6, 6.07) is 9.28. The molecule has 20 heavy (non-hydrogen) atoms. The lowest BCUT2D eigenvalue weighted by Crippen LogP contribution is -2.43. The topological polar surface area (TPSA) is 21.3 Å². The van der Waals surface area contributed by atoms with Crippen LogP contribution < -0.4 is 5.32 Å². The molecule has 0 aromatic heterocycles. The Kier molecular flexibility index (Phi) is 4.42. The van der Waals surface area contributed by atoms with Gasteiger partial charge in [0.25, 0.3) is 0 Å². The smallest absolute Gasteiger partial charge is 0.0983 e. The van der Waals surface area contributed by atoms with Crippen molar-refractivity contribution < 1.29 is 4.74 Å². The number of nitrogens with one attached hydrogen (secondary N) is 1. The number of likely N-dealkylation sites (N-methyl/N-ethyl adjacent to an activating group) is 1. The van der Waals surface area contributed by atoms with Crippen molar-refractivity contribution in [1.82, 2.24) is 5.32 Å². The summed E-state index contributed by atoms with van der Waals surface area (Å²) in [6.07, 6.45) is 6.75. The Labute approximate surface area is 122 Å². The Morgan fingerprint density at radius 1 is 1.25 bits per heavy atom. The Morgan fingerprint density at radius 2 is 2.10 bits per heavy atom. The van der Waals surface area contributed by atoms with E-state index in [1.807, 2.05) is 0 Å². The predicted octanol–water partition coefficient (Wildman–Crippen LogP) is 3.71. The standard InChI is InChI=1S/C18H27NO/c1-13-6-5-8-15(12-13)17(19-2)18-16-9-4-3-7-14(16)10-11-20-18/h3-4,7,9,13,15,17-19H,5-6,8,10-12H2,1-2H3. The molecule has 0 amide bonds. The highest BCUT2D eigenvalue weighted by atomic mass is 16.5. The largest absolute Gasteiger partial charge is 0.372 e. The normalized spacial score (nSPS) is 31.6. The van der Waals surface area contributed by atoms with Crippen molar-refractivity contribution >= 4 is 0 Å². The lowest BCUT2D eigenvalue weighted by molar-refractivity contribution is -0.00619. The third-order valence-electron chi connectivity index (χ3n) is 5.17. The van der Waals surface area contributed by atoms with Gasteiger partial charge in [0.1, 0.15) is 0 Å². The van der Waals surface area contributed by atoms with E-state index in [0.29, 0.717) is 6.04 Å². The lowest BCUT2D eigenvalue weighted by atomic mass is 9.75. The Balaban J connectivity index is 1.83. The van der Waals surface area contributed by atoms with Gasteiger partial charge in [-0.2, -0.15) is 0 Å². The van der Waals surface area contributed by atoms with E-state index in [2.05, 4.69) is 43.6 Å². The molecule has 1 heterocycles. The van der Waals surface area contributed by atoms with Crippen molar-refractivity contribution in [2.75, 3.05) is 13.7 Å². The molecule has 0 bridgehead atoms. The van der Waals surface area contributed by atoms with Crippen LogP contribution in [0.25, 0.3) is 0 Å². The molecule has 0 saturated heterocycles. The van der Waals surface area contributed by atoms with Gasteiger partial charge in [0, 0.05) is 6.04 Å². The summed E-state index contributed by atoms with van der Waals surface area (Å²) in [5.74, 6) is 1.61. The van der Waals surface area contributed by atoms with Crippen molar-refractivity contribution in [3.8, 4) is 0 Å². The molecular weight excluding hydrogens is 246 g/mol. The molecular formula is C18H27NO. The van der Waals surface area contributed by atoms with Gasteiger partial charge in [0.2, 0.25) is 0 Å². The minimum Gasteiger partial charge on any atom is -0.372 e. The molecule has 2 nitrogen and oxygen atoms in total. The summed E-state index contributed by atoms with van der Waals surface area (Å²) in [7, 11) is 2.10. The average molecular weight is 273 g/mol. The lowest BCUT2D eigenvalue weighted by Gasteiger charge is -2.39. The monoisotopic (exact) mass is 273 g/mol. The number of fused-ring (bicyclic) bond motifs is 1. The van der Waals surface area contributed by atoms with Crippen LogP contribution in [0.3, 0.4) is 0 Å². The summed E-state index contributed by atoms with van der Waals surface area (Å²) < 4.78 is 6.18. The molecule has 1 aliphatic heterocycles. The summed E-state index contributed by atoms with van der Waals surface area (Å²) >= 11 is 0. The van der Waals surface area contributed by atoms with E-state index in [4.69, 9.17) is 4.74 Å². The van der Waals surface area contributed by atoms with Crippen molar-refractivity contribution in [1.29, 1.82) is 0 Å². The maximum atomic E-state index is 6.18. The average Bonchev–Trinajstić information content (AvgIpc) is 2.48. The van der Waals surface area contributed by atoms with Gasteiger partial charge >= 0.3 is 0 Å². The van der Waals surface area contributed by atoms with Crippen molar-refractivity contribution in [2.45, 2.75) is 51.2 Å². The molecule has 0 radical (unpaired) electrons. The van der Waals surface area contributed by atoms with E-state index in [9.17, 15) is 0 Å². The molecule has 4 atom stereocenters. The summed E-state index contributed by atoms with van der Waals surface area (Å²) in [6.45, 7) is 3.26. The predicted molar refractivity (Wildman–Crippen MR) is 82.8 cm³/mol. The quantitative estimate of drug-likeness (QED) is 0.906. The zero-order valence-electron chi connectivity index (χ0n) is 12.8. The summed E-state index contributed by atoms with van der Waals surface area (Å²) in [5, 5.41) is 3.58. The Bertz CT molecular complexity index is 445. The highest BCUT2D eigenvalue weighted by Crippen LogP contribution is 2.38. The van der Waals surface area contributed by atoms with E-state index >= 15 is 0 Å². The highest BCUT2D eigenvalue weighted by molar-refractivity contribution is 5.32. The zero-order chi connectivity index (χ0) is 13.9. The molecule has 3 rings (SSSR count). The Morgan fingerprint density at radius 3 is 2.90 bits per heavy atom. The second-order valence-electron chi connectivity index (χ2n) is 6.59. The Hall–Kier alpha value is -0.860. The number of ether oxygens (including phenoxy) is 1. The zero-order valence-corrected chi connectivity index (χ0v) is 12.8. The first kappa shape index (κ1) is 14.1. The molecule has 1 aliphatic carbocycles. The number of rotatable bonds is 3. The third kappa shape index (κ3) is 2.77. The van der Waals surface area contributed by atoms with Gasteiger partial charge in [0.05, 0.1) is 12.7 Å². The third-order valence-corrected chi connectivity index (χ3v) is 5.17. The fraction of sp³-hybridized carbons (Fsp3) is 0.667. The van der Waals surface area contributed by atoms with Gasteiger partial charge in [-0.3, -0.25) is 0 Å². The van der Waals surface area contributed by atoms with Crippen LogP contribution in [0.4, 0.5) is 0 Å². The number of benzene rings is 1. The second kappa shape index (κ2) is 6.28. The number of hydrogen-bond donors (Lipinski definition) is 1. The maximum Gasteiger partial charge on any atom is 0.0983 e. The molecule has 2 heteroatoms. The SMILES string of the molecule is CNC(C1CCCC(C)C1)C1OCCc2ccccc21. The molecule has 1 N–H and O–H groups in total. The van der Waals surface area contributed by atoms with E-state index in [-0.39, 0.29) is 6.10 Å². The van der Waals surface area contributed by atoms with Gasteiger partial charge in [-0.05, 0) is 49.3 Å². The molecule has 1 aromatic carbocycles. The van der Waals surface area contributed by atoms with E-state index in [0.717, 1.165) is 24.9 Å². The van der Waals surface area contributed by atoms with Crippen molar-refractivity contribution in [3.63, 3.8) is 0 Å². The first-order valence-electron chi connectivity index (χ1n) is 8.16. The minimum absolute atomic E-state index is 0.236. The van der Waals surface area contributed by atoms with Crippen molar-refractivity contribution in [3.05, 3.63) is 35.4 Å². The first-order chi connectivity index (χ1) is 9.79. The van der Waals surface area contributed by atoms with Crippen LogP contribution in [0, 0.1) is 11.8 Å². The van der Waals surface area contributed by atoms with Gasteiger partial charge in [-0.15, -0.1) is 0 Å². The van der Waals surface area contributed by atoms with Gasteiger partial charge in [-0.1, -0.05) is 44.0 Å². The fourth-order valence-electron chi connectivity index (χ4n) is 4.16. The summed E-state index contributed by atoms with van der Waals surface area (Å²) in [5.41, 5.74) is 2.89. The second-order valence-corrected chi connectivity index (χ2v) is 6.59.